The Morgan fingerprint density at radius 1 is 1.00 bits per heavy atom. The molecule has 4 atom stereocenters. The molecule has 39 heavy (non-hydrogen) atoms. The number of para-hydroxylation sites is 1. The van der Waals surface area contributed by atoms with Crippen LogP contribution in [0.25, 0.3) is 0 Å². The molecule has 2 aromatic rings. The van der Waals surface area contributed by atoms with E-state index in [4.69, 9.17) is 25.8 Å². The van der Waals surface area contributed by atoms with Gasteiger partial charge in [-0.3, -0.25) is 4.79 Å². The number of amides is 1. The van der Waals surface area contributed by atoms with Crippen LogP contribution in [-0.2, 0) is 20.9 Å². The molecule has 1 aliphatic heterocycles. The van der Waals surface area contributed by atoms with E-state index in [-0.39, 0.29) is 18.4 Å². The summed E-state index contributed by atoms with van der Waals surface area (Å²) in [5.41, 5.74) is 1.05. The van der Waals surface area contributed by atoms with Crippen LogP contribution in [0.4, 0.5) is 0 Å². The monoisotopic (exact) mass is 557 g/mol. The highest BCUT2D eigenvalue weighted by Gasteiger charge is 2.59. The number of carboxylic acids is 1. The first-order chi connectivity index (χ1) is 18.6. The summed E-state index contributed by atoms with van der Waals surface area (Å²) in [7, 11) is 3.16. The Morgan fingerprint density at radius 3 is 2.28 bits per heavy atom. The smallest absolute Gasteiger partial charge is 0.326 e. The molecule has 1 saturated carbocycles. The lowest BCUT2D eigenvalue weighted by Crippen LogP contribution is -2.49. The van der Waals surface area contributed by atoms with Gasteiger partial charge in [0.2, 0.25) is 5.91 Å². The molecule has 2 aliphatic rings. The van der Waals surface area contributed by atoms with E-state index in [1.54, 1.807) is 31.3 Å². The van der Waals surface area contributed by atoms with E-state index in [0.29, 0.717) is 16.5 Å². The Kier molecular flexibility index (Phi) is 9.12. The number of carbonyl (C=O) groups excluding carboxylic acids is 1. The molecule has 1 saturated heterocycles. The molecule has 1 heterocycles. The van der Waals surface area contributed by atoms with Gasteiger partial charge >= 0.3 is 5.97 Å². The molecule has 4 rings (SSSR count). The van der Waals surface area contributed by atoms with Crippen molar-refractivity contribution < 1.29 is 28.9 Å². The lowest BCUT2D eigenvalue weighted by molar-refractivity contribution is -0.154. The summed E-state index contributed by atoms with van der Waals surface area (Å²) in [4.78, 5) is 28.9. The predicted molar refractivity (Wildman–Crippen MR) is 150 cm³/mol. The molecule has 1 amide bonds. The largest absolute Gasteiger partial charge is 0.496 e. The number of aliphatic carboxylic acids is 1. The number of likely N-dealkylation sites (tertiary alicyclic amines) is 1. The second kappa shape index (κ2) is 12.2. The van der Waals surface area contributed by atoms with Crippen LogP contribution in [0.2, 0.25) is 5.02 Å². The summed E-state index contributed by atoms with van der Waals surface area (Å²) >= 11 is 6.18. The van der Waals surface area contributed by atoms with Crippen LogP contribution in [-0.4, -0.2) is 48.2 Å². The van der Waals surface area contributed by atoms with Gasteiger partial charge in [0, 0.05) is 28.0 Å². The molecule has 1 aliphatic carbocycles. The zero-order chi connectivity index (χ0) is 28.3. The first-order valence-electron chi connectivity index (χ1n) is 13.7. The number of halogens is 1. The Morgan fingerprint density at radius 2 is 1.67 bits per heavy atom. The van der Waals surface area contributed by atoms with Gasteiger partial charge in [-0.05, 0) is 36.5 Å². The van der Waals surface area contributed by atoms with Gasteiger partial charge in [0.1, 0.15) is 17.5 Å². The second-order valence-corrected chi connectivity index (χ2v) is 12.1. The molecular formula is C31H40ClNO6. The van der Waals surface area contributed by atoms with Crippen molar-refractivity contribution in [1.82, 2.24) is 4.90 Å². The van der Waals surface area contributed by atoms with Gasteiger partial charge in [-0.2, -0.15) is 0 Å². The highest BCUT2D eigenvalue weighted by Crippen LogP contribution is 2.52. The molecule has 2 aromatic carbocycles. The number of benzene rings is 2. The van der Waals surface area contributed by atoms with E-state index in [2.05, 4.69) is 0 Å². The third-order valence-corrected chi connectivity index (χ3v) is 8.44. The SMILES string of the molecule is COc1cc(Cl)ccc1COC1[C@@H](c2ccccc2OC)N(C(=O)C2CCCCC2)[C@@H](C(=O)O)[C@@H]1C(C)(C)C. The van der Waals surface area contributed by atoms with Crippen molar-refractivity contribution in [2.75, 3.05) is 14.2 Å². The van der Waals surface area contributed by atoms with E-state index in [1.807, 2.05) is 51.1 Å². The maximum absolute atomic E-state index is 14.3. The molecule has 0 spiro atoms. The fourth-order valence-electron chi connectivity index (χ4n) is 6.41. The molecule has 2 fully saturated rings. The number of carboxylic acid groups (broad SMARTS) is 1. The average molecular weight is 558 g/mol. The quantitative estimate of drug-likeness (QED) is 0.397. The number of hydrogen-bond acceptors (Lipinski definition) is 5. The number of carbonyl (C=O) groups is 2. The van der Waals surface area contributed by atoms with Crippen molar-refractivity contribution >= 4 is 23.5 Å². The summed E-state index contributed by atoms with van der Waals surface area (Å²) in [6.07, 6.45) is 3.97. The molecule has 1 N–H and O–H groups in total. The molecular weight excluding hydrogens is 518 g/mol. The molecule has 1 unspecified atom stereocenters. The van der Waals surface area contributed by atoms with Crippen molar-refractivity contribution in [3.05, 3.63) is 58.6 Å². The Hall–Kier alpha value is -2.77. The molecule has 212 valence electrons. The zero-order valence-electron chi connectivity index (χ0n) is 23.5. The Labute approximate surface area is 236 Å². The van der Waals surface area contributed by atoms with Gasteiger partial charge < -0.3 is 24.2 Å². The summed E-state index contributed by atoms with van der Waals surface area (Å²) in [6, 6.07) is 11.2. The van der Waals surface area contributed by atoms with Gasteiger partial charge in [-0.1, -0.05) is 75.9 Å². The van der Waals surface area contributed by atoms with Crippen molar-refractivity contribution in [2.45, 2.75) is 77.7 Å². The van der Waals surface area contributed by atoms with Gasteiger partial charge in [-0.25, -0.2) is 4.79 Å². The highest BCUT2D eigenvalue weighted by molar-refractivity contribution is 6.30. The zero-order valence-corrected chi connectivity index (χ0v) is 24.2. The third-order valence-electron chi connectivity index (χ3n) is 8.20. The van der Waals surface area contributed by atoms with Crippen molar-refractivity contribution in [1.29, 1.82) is 0 Å². The van der Waals surface area contributed by atoms with Gasteiger partial charge in [-0.15, -0.1) is 0 Å². The van der Waals surface area contributed by atoms with Gasteiger partial charge in [0.25, 0.3) is 0 Å². The lowest BCUT2D eigenvalue weighted by Gasteiger charge is -2.35. The van der Waals surface area contributed by atoms with Crippen LogP contribution in [0, 0.1) is 17.3 Å². The van der Waals surface area contributed by atoms with Crippen LogP contribution in [0.1, 0.15) is 70.0 Å². The van der Waals surface area contributed by atoms with Crippen LogP contribution in [0.5, 0.6) is 11.5 Å². The van der Waals surface area contributed by atoms with Crippen molar-refractivity contribution in [3.8, 4) is 11.5 Å². The van der Waals surface area contributed by atoms with E-state index < -0.39 is 35.5 Å². The van der Waals surface area contributed by atoms with E-state index in [1.165, 1.54) is 0 Å². The minimum atomic E-state index is -1.05. The standard InChI is InChI=1S/C31H40ClNO6/c1-31(2,3)25-27(30(35)36)33(29(34)19-11-7-6-8-12-19)26(22-13-9-10-14-23(22)37-4)28(25)39-18-20-15-16-21(32)17-24(20)38-5/h9-10,13-17,19,25-28H,6-8,11-12,18H2,1-5H3,(H,35,36)/t25-,26+,27+,28?/m0/s1. The number of hydrogen-bond donors (Lipinski definition) is 1. The van der Waals surface area contributed by atoms with E-state index >= 15 is 0 Å². The summed E-state index contributed by atoms with van der Waals surface area (Å²) < 4.78 is 18.0. The molecule has 0 radical (unpaired) electrons. The van der Waals surface area contributed by atoms with Crippen LogP contribution < -0.4 is 9.47 Å². The first-order valence-corrected chi connectivity index (χ1v) is 14.1. The minimum Gasteiger partial charge on any atom is -0.496 e. The van der Waals surface area contributed by atoms with Gasteiger partial charge in [0.15, 0.2) is 0 Å². The average Bonchev–Trinajstić information content (AvgIpc) is 3.28. The van der Waals surface area contributed by atoms with Crippen LogP contribution >= 0.6 is 11.6 Å². The molecule has 7 nitrogen and oxygen atoms in total. The third kappa shape index (κ3) is 6.04. The summed E-state index contributed by atoms with van der Waals surface area (Å²) in [5, 5.41) is 11.2. The maximum atomic E-state index is 14.3. The number of ether oxygens (including phenoxy) is 3. The minimum absolute atomic E-state index is 0.109. The normalized spacial score (nSPS) is 24.0. The number of nitrogens with zero attached hydrogens (tertiary/aromatic N) is 1. The second-order valence-electron chi connectivity index (χ2n) is 11.7. The Balaban J connectivity index is 1.85. The predicted octanol–water partition coefficient (Wildman–Crippen LogP) is 6.52. The number of rotatable bonds is 8. The van der Waals surface area contributed by atoms with Gasteiger partial charge in [0.05, 0.1) is 33.0 Å². The fourth-order valence-corrected chi connectivity index (χ4v) is 6.57. The maximum Gasteiger partial charge on any atom is 0.326 e. The van der Waals surface area contributed by atoms with Crippen molar-refractivity contribution in [2.24, 2.45) is 17.3 Å². The topological polar surface area (TPSA) is 85.3 Å². The summed E-state index contributed by atoms with van der Waals surface area (Å²) in [6.45, 7) is 6.21. The lowest BCUT2D eigenvalue weighted by atomic mass is 9.73. The molecule has 0 aromatic heterocycles. The highest BCUT2D eigenvalue weighted by atomic mass is 35.5. The first kappa shape index (κ1) is 29.2. The van der Waals surface area contributed by atoms with E-state index in [0.717, 1.165) is 43.2 Å². The fraction of sp³-hybridized carbons (Fsp3) is 0.548. The number of methoxy groups -OCH3 is 2. The van der Waals surface area contributed by atoms with Crippen LogP contribution in [0.3, 0.4) is 0 Å². The van der Waals surface area contributed by atoms with Crippen LogP contribution in [0.15, 0.2) is 42.5 Å². The van der Waals surface area contributed by atoms with E-state index in [9.17, 15) is 14.7 Å². The Bertz CT molecular complexity index is 1170. The molecule has 0 bridgehead atoms. The molecule has 8 heteroatoms. The van der Waals surface area contributed by atoms with Crippen molar-refractivity contribution in [3.63, 3.8) is 0 Å². The summed E-state index contributed by atoms with van der Waals surface area (Å²) in [5.74, 6) is -0.632.